The minimum absolute atomic E-state index is 0.0317. The summed E-state index contributed by atoms with van der Waals surface area (Å²) >= 11 is 7.56. The van der Waals surface area contributed by atoms with Crippen LogP contribution in [0.15, 0.2) is 23.6 Å². The normalized spacial score (nSPS) is 23.2. The second kappa shape index (κ2) is 10.6. The molecular formula is C25H33ClN2O3S. The number of hydrogen-bond donors (Lipinski definition) is 1. The second-order valence-corrected chi connectivity index (χ2v) is 10.3. The number of benzene rings is 1. The van der Waals surface area contributed by atoms with Crippen molar-refractivity contribution in [1.82, 2.24) is 10.2 Å². The summed E-state index contributed by atoms with van der Waals surface area (Å²) in [4.78, 5) is 15.9. The summed E-state index contributed by atoms with van der Waals surface area (Å²) in [7, 11) is 1.69. The Morgan fingerprint density at radius 2 is 2.06 bits per heavy atom. The van der Waals surface area contributed by atoms with Crippen LogP contribution in [0.25, 0.3) is 0 Å². The van der Waals surface area contributed by atoms with E-state index < -0.39 is 0 Å². The lowest BCUT2D eigenvalue weighted by atomic mass is 9.91. The Morgan fingerprint density at radius 3 is 2.81 bits per heavy atom. The highest BCUT2D eigenvalue weighted by Gasteiger charge is 2.40. The predicted octanol–water partition coefficient (Wildman–Crippen LogP) is 5.22. The molecule has 2 fully saturated rings. The molecule has 0 spiro atoms. The number of fused-ring (bicyclic) bond motifs is 1. The van der Waals surface area contributed by atoms with Crippen LogP contribution in [0.2, 0.25) is 5.02 Å². The van der Waals surface area contributed by atoms with Crippen molar-refractivity contribution in [2.75, 3.05) is 26.9 Å². The summed E-state index contributed by atoms with van der Waals surface area (Å²) in [5.41, 5.74) is 3.87. The third kappa shape index (κ3) is 5.14. The number of thiophene rings is 1. The Labute approximate surface area is 200 Å². The molecule has 174 valence electrons. The maximum Gasteiger partial charge on any atom is 0.263 e. The molecule has 4 rings (SSSR count). The Bertz CT molecular complexity index is 947. The molecule has 1 saturated heterocycles. The van der Waals surface area contributed by atoms with Gasteiger partial charge in [-0.3, -0.25) is 9.69 Å². The Balaban J connectivity index is 1.40. The maximum atomic E-state index is 12.7. The first-order valence-electron chi connectivity index (χ1n) is 11.5. The van der Waals surface area contributed by atoms with Crippen LogP contribution in [-0.4, -0.2) is 49.8 Å². The van der Waals surface area contributed by atoms with Crippen LogP contribution in [0.5, 0.6) is 5.75 Å². The van der Waals surface area contributed by atoms with Crippen molar-refractivity contribution < 1.29 is 14.3 Å². The van der Waals surface area contributed by atoms with E-state index in [1.807, 2.05) is 5.38 Å². The summed E-state index contributed by atoms with van der Waals surface area (Å²) in [5.74, 6) is 1.55. The van der Waals surface area contributed by atoms with Crippen molar-refractivity contribution in [3.63, 3.8) is 0 Å². The fourth-order valence-corrected chi connectivity index (χ4v) is 6.28. The lowest BCUT2D eigenvalue weighted by Gasteiger charge is -2.38. The Hall–Kier alpha value is -1.60. The molecule has 32 heavy (non-hydrogen) atoms. The van der Waals surface area contributed by atoms with E-state index in [0.717, 1.165) is 31.7 Å². The third-order valence-electron chi connectivity index (χ3n) is 7.07. The van der Waals surface area contributed by atoms with Crippen molar-refractivity contribution in [2.24, 2.45) is 5.92 Å². The van der Waals surface area contributed by atoms with Crippen LogP contribution in [0.1, 0.15) is 52.0 Å². The molecule has 1 amide bonds. The third-order valence-corrected chi connectivity index (χ3v) is 8.41. The van der Waals surface area contributed by atoms with Gasteiger partial charge < -0.3 is 14.8 Å². The number of piperidine rings is 1. The number of ether oxygens (including phenoxy) is 2. The molecule has 1 aromatic carbocycles. The Morgan fingerprint density at radius 1 is 1.22 bits per heavy atom. The molecule has 3 unspecified atom stereocenters. The van der Waals surface area contributed by atoms with Gasteiger partial charge in [0.15, 0.2) is 0 Å². The van der Waals surface area contributed by atoms with Crippen LogP contribution < -0.4 is 10.1 Å². The first-order chi connectivity index (χ1) is 15.5. The monoisotopic (exact) mass is 476 g/mol. The zero-order chi connectivity index (χ0) is 22.7. The van der Waals surface area contributed by atoms with E-state index in [1.54, 1.807) is 13.2 Å². The van der Waals surface area contributed by atoms with E-state index in [9.17, 15) is 4.79 Å². The number of rotatable bonds is 8. The van der Waals surface area contributed by atoms with E-state index in [1.165, 1.54) is 40.9 Å². The number of nitrogens with one attached hydrogen (secondary N) is 1. The lowest BCUT2D eigenvalue weighted by Crippen LogP contribution is -2.42. The van der Waals surface area contributed by atoms with Gasteiger partial charge in [0.2, 0.25) is 0 Å². The largest absolute Gasteiger partial charge is 0.491 e. The summed E-state index contributed by atoms with van der Waals surface area (Å²) in [5, 5.41) is 5.66. The smallest absolute Gasteiger partial charge is 0.263 e. The predicted molar refractivity (Wildman–Crippen MR) is 130 cm³/mol. The molecule has 1 aliphatic heterocycles. The molecule has 0 bridgehead atoms. The molecule has 7 heteroatoms. The fraction of sp³-hybridized carbons (Fsp3) is 0.560. The van der Waals surface area contributed by atoms with Gasteiger partial charge in [0.05, 0.1) is 11.6 Å². The number of carbonyl (C=O) groups excluding carboxylic acids is 1. The van der Waals surface area contributed by atoms with Crippen molar-refractivity contribution in [3.8, 4) is 5.75 Å². The first-order valence-corrected chi connectivity index (χ1v) is 12.7. The van der Waals surface area contributed by atoms with Crippen LogP contribution in [-0.2, 0) is 11.3 Å². The maximum absolute atomic E-state index is 12.7. The number of methoxy groups -OCH3 is 1. The van der Waals surface area contributed by atoms with Crippen LogP contribution >= 0.6 is 22.9 Å². The fourth-order valence-electron chi connectivity index (χ4n) is 5.24. The Kier molecular flexibility index (Phi) is 7.77. The van der Waals surface area contributed by atoms with Gasteiger partial charge in [0, 0.05) is 25.7 Å². The van der Waals surface area contributed by atoms with Gasteiger partial charge in [-0.15, -0.1) is 11.3 Å². The molecule has 2 aromatic rings. The zero-order valence-corrected chi connectivity index (χ0v) is 20.7. The van der Waals surface area contributed by atoms with E-state index in [2.05, 4.69) is 36.2 Å². The van der Waals surface area contributed by atoms with Gasteiger partial charge in [-0.25, -0.2) is 0 Å². The van der Waals surface area contributed by atoms with Crippen LogP contribution in [0.4, 0.5) is 0 Å². The van der Waals surface area contributed by atoms with Gasteiger partial charge in [-0.05, 0) is 86.2 Å². The van der Waals surface area contributed by atoms with Gasteiger partial charge in [0.1, 0.15) is 17.2 Å². The summed E-state index contributed by atoms with van der Waals surface area (Å²) in [6.45, 7) is 7.55. The molecule has 3 atom stereocenters. The lowest BCUT2D eigenvalue weighted by molar-refractivity contribution is 0.0936. The summed E-state index contributed by atoms with van der Waals surface area (Å²) in [6, 6.07) is 6.83. The molecule has 1 saturated carbocycles. The van der Waals surface area contributed by atoms with Crippen LogP contribution in [0.3, 0.4) is 0 Å². The number of nitrogens with zero attached hydrogens (tertiary/aromatic N) is 1. The molecular weight excluding hydrogens is 444 g/mol. The highest BCUT2D eigenvalue weighted by atomic mass is 35.5. The summed E-state index contributed by atoms with van der Waals surface area (Å²) in [6.07, 6.45) is 4.53. The first kappa shape index (κ1) is 23.6. The molecule has 2 aliphatic rings. The summed E-state index contributed by atoms with van der Waals surface area (Å²) < 4.78 is 11.0. The van der Waals surface area contributed by atoms with E-state index in [0.29, 0.717) is 35.1 Å². The van der Waals surface area contributed by atoms with Gasteiger partial charge in [-0.1, -0.05) is 17.7 Å². The minimum atomic E-state index is -0.0317. The number of halogens is 1. The minimum Gasteiger partial charge on any atom is -0.491 e. The van der Waals surface area contributed by atoms with Crippen molar-refractivity contribution >= 4 is 28.8 Å². The van der Waals surface area contributed by atoms with Gasteiger partial charge in [0.25, 0.3) is 5.91 Å². The highest BCUT2D eigenvalue weighted by Crippen LogP contribution is 2.39. The van der Waals surface area contributed by atoms with Crippen molar-refractivity contribution in [1.29, 1.82) is 0 Å². The molecule has 5 nitrogen and oxygen atoms in total. The second-order valence-electron chi connectivity index (χ2n) is 8.99. The number of likely N-dealkylation sites (tertiary alicyclic amines) is 1. The van der Waals surface area contributed by atoms with Crippen molar-refractivity contribution in [2.45, 2.75) is 58.2 Å². The molecule has 1 aromatic heterocycles. The highest BCUT2D eigenvalue weighted by molar-refractivity contribution is 7.12. The molecule has 0 radical (unpaired) electrons. The quantitative estimate of drug-likeness (QED) is 0.531. The van der Waals surface area contributed by atoms with E-state index >= 15 is 0 Å². The molecule has 2 heterocycles. The number of carbonyl (C=O) groups is 1. The average Bonchev–Trinajstić information content (AvgIpc) is 3.39. The zero-order valence-electron chi connectivity index (χ0n) is 19.2. The average molecular weight is 477 g/mol. The number of amides is 1. The molecule has 1 N–H and O–H groups in total. The van der Waals surface area contributed by atoms with E-state index in [-0.39, 0.29) is 11.9 Å². The van der Waals surface area contributed by atoms with Crippen molar-refractivity contribution in [3.05, 3.63) is 50.2 Å². The van der Waals surface area contributed by atoms with Gasteiger partial charge >= 0.3 is 0 Å². The standard InChI is InChI=1S/C25H33ClN2O3S/c1-16-17(2)23(31-11-10-30-3)7-6-19(16)15-28-9-4-5-18-13-20(14-22(18)28)27-25(29)24-21(26)8-12-32-24/h6-8,12,18,20,22H,4-5,9-11,13-15H2,1-3H3,(H,27,29). The van der Waals surface area contributed by atoms with Crippen LogP contribution in [0, 0.1) is 19.8 Å². The van der Waals surface area contributed by atoms with Gasteiger partial charge in [-0.2, -0.15) is 0 Å². The topological polar surface area (TPSA) is 50.8 Å². The SMILES string of the molecule is COCCOc1ccc(CN2CCCC3CC(NC(=O)c4sccc4Cl)CC32)c(C)c1C. The molecule has 1 aliphatic carbocycles. The van der Waals surface area contributed by atoms with E-state index in [4.69, 9.17) is 21.1 Å². The number of hydrogen-bond acceptors (Lipinski definition) is 5.